The maximum absolute atomic E-state index is 12.1. The standard InChI is InChI=1S/C18H27Cl2N3O2/c1-5-23(12-17(25)22-18(2,3)4)11-16(24)21-9-8-13-6-7-14(19)10-15(13)20/h6-7,10H,5,8-9,11-12H2,1-4H3,(H,21,24)(H,22,25). The molecule has 0 atom stereocenters. The van der Waals surface area contributed by atoms with E-state index in [1.807, 2.05) is 33.8 Å². The smallest absolute Gasteiger partial charge is 0.234 e. The maximum atomic E-state index is 12.1. The van der Waals surface area contributed by atoms with Gasteiger partial charge in [-0.25, -0.2) is 0 Å². The Kier molecular flexibility index (Phi) is 8.69. The van der Waals surface area contributed by atoms with Crippen molar-refractivity contribution in [3.05, 3.63) is 33.8 Å². The van der Waals surface area contributed by atoms with Gasteiger partial charge in [-0.3, -0.25) is 14.5 Å². The Hall–Kier alpha value is -1.30. The molecule has 140 valence electrons. The van der Waals surface area contributed by atoms with Gasteiger partial charge in [0.25, 0.3) is 0 Å². The second-order valence-corrected chi connectivity index (χ2v) is 7.78. The molecule has 0 heterocycles. The first-order chi connectivity index (χ1) is 11.6. The number of benzene rings is 1. The second-order valence-electron chi connectivity index (χ2n) is 6.94. The lowest BCUT2D eigenvalue weighted by Crippen LogP contribution is -2.48. The van der Waals surface area contributed by atoms with E-state index >= 15 is 0 Å². The van der Waals surface area contributed by atoms with Crippen molar-refractivity contribution in [2.45, 2.75) is 39.7 Å². The van der Waals surface area contributed by atoms with Crippen LogP contribution in [0, 0.1) is 0 Å². The monoisotopic (exact) mass is 387 g/mol. The quantitative estimate of drug-likeness (QED) is 0.720. The summed E-state index contributed by atoms with van der Waals surface area (Å²) in [4.78, 5) is 25.8. The van der Waals surface area contributed by atoms with Gasteiger partial charge in [-0.05, 0) is 51.4 Å². The molecule has 0 aromatic heterocycles. The molecule has 0 fully saturated rings. The maximum Gasteiger partial charge on any atom is 0.234 e. The van der Waals surface area contributed by atoms with Crippen molar-refractivity contribution in [2.24, 2.45) is 0 Å². The van der Waals surface area contributed by atoms with Gasteiger partial charge in [-0.1, -0.05) is 36.2 Å². The van der Waals surface area contributed by atoms with E-state index < -0.39 is 0 Å². The van der Waals surface area contributed by atoms with E-state index in [9.17, 15) is 9.59 Å². The molecule has 5 nitrogen and oxygen atoms in total. The number of hydrogen-bond donors (Lipinski definition) is 2. The zero-order valence-corrected chi connectivity index (χ0v) is 16.8. The van der Waals surface area contributed by atoms with E-state index in [-0.39, 0.29) is 30.4 Å². The molecule has 0 unspecified atom stereocenters. The fraction of sp³-hybridized carbons (Fsp3) is 0.556. The lowest BCUT2D eigenvalue weighted by atomic mass is 10.1. The zero-order chi connectivity index (χ0) is 19.0. The summed E-state index contributed by atoms with van der Waals surface area (Å²) in [5, 5.41) is 6.93. The van der Waals surface area contributed by atoms with Crippen molar-refractivity contribution in [1.29, 1.82) is 0 Å². The van der Waals surface area contributed by atoms with Crippen molar-refractivity contribution in [2.75, 3.05) is 26.2 Å². The molecule has 2 amide bonds. The number of rotatable bonds is 8. The van der Waals surface area contributed by atoms with Crippen LogP contribution in [-0.2, 0) is 16.0 Å². The number of nitrogens with one attached hydrogen (secondary N) is 2. The van der Waals surface area contributed by atoms with Crippen LogP contribution in [0.15, 0.2) is 18.2 Å². The molecule has 1 aromatic rings. The number of carbonyl (C=O) groups excluding carboxylic acids is 2. The molecule has 0 aliphatic heterocycles. The molecule has 0 spiro atoms. The van der Waals surface area contributed by atoms with E-state index in [4.69, 9.17) is 23.2 Å². The first-order valence-corrected chi connectivity index (χ1v) is 9.10. The van der Waals surface area contributed by atoms with Gasteiger partial charge in [0.15, 0.2) is 0 Å². The summed E-state index contributed by atoms with van der Waals surface area (Å²) in [5.74, 6) is -0.203. The Balaban J connectivity index is 2.39. The molecule has 0 bridgehead atoms. The lowest BCUT2D eigenvalue weighted by molar-refractivity contribution is -0.125. The second kappa shape index (κ2) is 10.00. The Morgan fingerprint density at radius 1 is 1.12 bits per heavy atom. The van der Waals surface area contributed by atoms with Crippen molar-refractivity contribution in [1.82, 2.24) is 15.5 Å². The Morgan fingerprint density at radius 3 is 2.32 bits per heavy atom. The summed E-state index contributed by atoms with van der Waals surface area (Å²) in [6.45, 7) is 9.18. The van der Waals surface area contributed by atoms with E-state index in [0.717, 1.165) is 5.56 Å². The van der Waals surface area contributed by atoms with Gasteiger partial charge in [0.05, 0.1) is 13.1 Å². The van der Waals surface area contributed by atoms with Crippen LogP contribution in [0.25, 0.3) is 0 Å². The minimum absolute atomic E-state index is 0.0879. The number of amides is 2. The predicted octanol–water partition coefficient (Wildman–Crippen LogP) is 2.89. The highest BCUT2D eigenvalue weighted by molar-refractivity contribution is 6.35. The molecule has 0 saturated carbocycles. The average molecular weight is 388 g/mol. The minimum atomic E-state index is -0.281. The van der Waals surface area contributed by atoms with E-state index in [1.54, 1.807) is 17.0 Å². The van der Waals surface area contributed by atoms with Crippen LogP contribution in [0.5, 0.6) is 0 Å². The first-order valence-electron chi connectivity index (χ1n) is 8.34. The fourth-order valence-corrected chi connectivity index (χ4v) is 2.76. The SMILES string of the molecule is CCN(CC(=O)NCCc1ccc(Cl)cc1Cl)CC(=O)NC(C)(C)C. The van der Waals surface area contributed by atoms with Gasteiger partial charge in [-0.2, -0.15) is 0 Å². The summed E-state index contributed by atoms with van der Waals surface area (Å²) in [6.07, 6.45) is 0.623. The van der Waals surface area contributed by atoms with Crippen LogP contribution < -0.4 is 10.6 Å². The highest BCUT2D eigenvalue weighted by Crippen LogP contribution is 2.20. The van der Waals surface area contributed by atoms with E-state index in [0.29, 0.717) is 29.6 Å². The molecule has 0 aliphatic carbocycles. The topological polar surface area (TPSA) is 61.4 Å². The van der Waals surface area contributed by atoms with Crippen LogP contribution in [-0.4, -0.2) is 48.4 Å². The largest absolute Gasteiger partial charge is 0.355 e. The number of carbonyl (C=O) groups is 2. The number of nitrogens with zero attached hydrogens (tertiary/aromatic N) is 1. The van der Waals surface area contributed by atoms with Gasteiger partial charge >= 0.3 is 0 Å². The van der Waals surface area contributed by atoms with Gasteiger partial charge in [-0.15, -0.1) is 0 Å². The first kappa shape index (κ1) is 21.7. The van der Waals surface area contributed by atoms with Crippen LogP contribution in [0.3, 0.4) is 0 Å². The average Bonchev–Trinajstić information content (AvgIpc) is 2.46. The Bertz CT molecular complexity index is 600. The van der Waals surface area contributed by atoms with Crippen molar-refractivity contribution < 1.29 is 9.59 Å². The molecule has 1 aromatic carbocycles. The Morgan fingerprint density at radius 2 is 1.76 bits per heavy atom. The number of halogens is 2. The van der Waals surface area contributed by atoms with Crippen LogP contribution in [0.2, 0.25) is 10.0 Å². The predicted molar refractivity (Wildman–Crippen MR) is 103 cm³/mol. The van der Waals surface area contributed by atoms with E-state index in [2.05, 4.69) is 10.6 Å². The third kappa shape index (κ3) is 9.10. The van der Waals surface area contributed by atoms with Gasteiger partial charge in [0.2, 0.25) is 11.8 Å². The summed E-state index contributed by atoms with van der Waals surface area (Å²) in [5.41, 5.74) is 0.652. The number of hydrogen-bond acceptors (Lipinski definition) is 3. The fourth-order valence-electron chi connectivity index (χ4n) is 2.26. The highest BCUT2D eigenvalue weighted by Gasteiger charge is 2.17. The molecule has 1 rings (SSSR count). The molecule has 0 saturated heterocycles. The summed E-state index contributed by atoms with van der Waals surface area (Å²) in [7, 11) is 0. The van der Waals surface area contributed by atoms with Crippen molar-refractivity contribution in [3.63, 3.8) is 0 Å². The van der Waals surface area contributed by atoms with Crippen LogP contribution in [0.1, 0.15) is 33.3 Å². The summed E-state index contributed by atoms with van der Waals surface area (Å²) >= 11 is 12.0. The normalized spacial score (nSPS) is 11.5. The van der Waals surface area contributed by atoms with Gasteiger partial charge in [0, 0.05) is 22.1 Å². The van der Waals surface area contributed by atoms with Crippen LogP contribution >= 0.6 is 23.2 Å². The van der Waals surface area contributed by atoms with Gasteiger partial charge < -0.3 is 10.6 Å². The summed E-state index contributed by atoms with van der Waals surface area (Å²) < 4.78 is 0. The molecule has 25 heavy (non-hydrogen) atoms. The molecule has 0 radical (unpaired) electrons. The molecule has 2 N–H and O–H groups in total. The zero-order valence-electron chi connectivity index (χ0n) is 15.3. The van der Waals surface area contributed by atoms with Gasteiger partial charge in [0.1, 0.15) is 0 Å². The van der Waals surface area contributed by atoms with Crippen molar-refractivity contribution >= 4 is 35.0 Å². The molecular weight excluding hydrogens is 361 g/mol. The molecule has 7 heteroatoms. The van der Waals surface area contributed by atoms with Crippen molar-refractivity contribution in [3.8, 4) is 0 Å². The highest BCUT2D eigenvalue weighted by atomic mass is 35.5. The van der Waals surface area contributed by atoms with E-state index in [1.165, 1.54) is 0 Å². The minimum Gasteiger partial charge on any atom is -0.355 e. The van der Waals surface area contributed by atoms with Crippen LogP contribution in [0.4, 0.5) is 0 Å². The Labute approximate surface area is 160 Å². The lowest BCUT2D eigenvalue weighted by Gasteiger charge is -2.24. The third-order valence-corrected chi connectivity index (χ3v) is 4.01. The summed E-state index contributed by atoms with van der Waals surface area (Å²) in [6, 6.07) is 5.32. The molecule has 0 aliphatic rings. The number of likely N-dealkylation sites (N-methyl/N-ethyl adjacent to an activating group) is 1. The third-order valence-electron chi connectivity index (χ3n) is 3.43. The molecular formula is C18H27Cl2N3O2.